The lowest BCUT2D eigenvalue weighted by atomic mass is 10.3. The average Bonchev–Trinajstić information content (AvgIpc) is 2.55. The Kier molecular flexibility index (Phi) is 3.93. The lowest BCUT2D eigenvalue weighted by molar-refractivity contribution is -0.129. The summed E-state index contributed by atoms with van der Waals surface area (Å²) >= 11 is 4.91. The van der Waals surface area contributed by atoms with E-state index in [1.807, 2.05) is 25.4 Å². The van der Waals surface area contributed by atoms with Gasteiger partial charge < -0.3 is 4.90 Å². The number of rotatable bonds is 3. The Balaban J connectivity index is 2.51. The molecule has 0 fully saturated rings. The molecule has 13 heavy (non-hydrogen) atoms. The number of hydrogen-bond acceptors (Lipinski definition) is 2. The van der Waals surface area contributed by atoms with Crippen molar-refractivity contribution in [3.63, 3.8) is 0 Å². The molecule has 1 heterocycles. The summed E-state index contributed by atoms with van der Waals surface area (Å²) in [6, 6.07) is 2.04. The van der Waals surface area contributed by atoms with E-state index >= 15 is 0 Å². The Morgan fingerprint density at radius 3 is 2.92 bits per heavy atom. The van der Waals surface area contributed by atoms with Crippen molar-refractivity contribution in [2.75, 3.05) is 7.05 Å². The van der Waals surface area contributed by atoms with Crippen LogP contribution in [0.1, 0.15) is 12.5 Å². The molecule has 0 spiro atoms. The Labute approximate surface area is 90.7 Å². The van der Waals surface area contributed by atoms with Crippen LogP contribution in [0.25, 0.3) is 0 Å². The predicted octanol–water partition coefficient (Wildman–Crippen LogP) is 2.49. The maximum absolute atomic E-state index is 11.5. The minimum Gasteiger partial charge on any atom is -0.340 e. The van der Waals surface area contributed by atoms with Crippen molar-refractivity contribution in [1.82, 2.24) is 4.90 Å². The number of hydrogen-bond donors (Lipinski definition) is 0. The number of nitrogens with zero attached hydrogens (tertiary/aromatic N) is 1. The predicted molar refractivity (Wildman–Crippen MR) is 59.2 cm³/mol. The molecule has 1 unspecified atom stereocenters. The Hall–Kier alpha value is -0.350. The summed E-state index contributed by atoms with van der Waals surface area (Å²) in [7, 11) is 1.82. The zero-order chi connectivity index (χ0) is 9.84. The van der Waals surface area contributed by atoms with Gasteiger partial charge in [0.15, 0.2) is 0 Å². The molecule has 1 amide bonds. The van der Waals surface area contributed by atoms with E-state index in [0.717, 1.165) is 0 Å². The zero-order valence-electron chi connectivity index (χ0n) is 7.66. The highest BCUT2D eigenvalue weighted by Crippen LogP contribution is 2.10. The molecule has 1 atom stereocenters. The van der Waals surface area contributed by atoms with Crippen molar-refractivity contribution >= 4 is 33.2 Å². The molecule has 0 N–H and O–H groups in total. The van der Waals surface area contributed by atoms with Crippen LogP contribution in [0.5, 0.6) is 0 Å². The van der Waals surface area contributed by atoms with E-state index < -0.39 is 0 Å². The number of halogens is 1. The largest absolute Gasteiger partial charge is 0.340 e. The summed E-state index contributed by atoms with van der Waals surface area (Å²) in [6.45, 7) is 2.53. The second-order valence-corrected chi connectivity index (χ2v) is 5.10. The van der Waals surface area contributed by atoms with Crippen molar-refractivity contribution < 1.29 is 4.79 Å². The monoisotopic (exact) mass is 261 g/mol. The second-order valence-electron chi connectivity index (χ2n) is 2.94. The summed E-state index contributed by atoms with van der Waals surface area (Å²) in [6.07, 6.45) is 0. The Bertz CT molecular complexity index is 271. The highest BCUT2D eigenvalue weighted by Gasteiger charge is 2.14. The van der Waals surface area contributed by atoms with Crippen LogP contribution in [0.3, 0.4) is 0 Å². The fourth-order valence-corrected chi connectivity index (χ4v) is 2.05. The van der Waals surface area contributed by atoms with Crippen molar-refractivity contribution in [1.29, 1.82) is 0 Å². The number of alkyl halides is 1. The molecule has 0 aromatic carbocycles. The van der Waals surface area contributed by atoms with Gasteiger partial charge in [-0.1, -0.05) is 15.9 Å². The van der Waals surface area contributed by atoms with Gasteiger partial charge in [0.25, 0.3) is 0 Å². The van der Waals surface area contributed by atoms with E-state index in [1.54, 1.807) is 16.2 Å². The zero-order valence-corrected chi connectivity index (χ0v) is 10.1. The first-order valence-corrected chi connectivity index (χ1v) is 5.87. The van der Waals surface area contributed by atoms with Crippen LogP contribution in [0.2, 0.25) is 0 Å². The molecule has 0 aliphatic rings. The van der Waals surface area contributed by atoms with Crippen molar-refractivity contribution in [2.24, 2.45) is 0 Å². The van der Waals surface area contributed by atoms with Gasteiger partial charge in [-0.05, 0) is 29.3 Å². The molecule has 0 saturated carbocycles. The van der Waals surface area contributed by atoms with Gasteiger partial charge in [0, 0.05) is 13.6 Å². The van der Waals surface area contributed by atoms with E-state index in [-0.39, 0.29) is 10.7 Å². The topological polar surface area (TPSA) is 20.3 Å². The van der Waals surface area contributed by atoms with Gasteiger partial charge in [0.1, 0.15) is 0 Å². The number of carbonyl (C=O) groups is 1. The quantitative estimate of drug-likeness (QED) is 0.766. The third-order valence-corrected chi connectivity index (χ3v) is 2.84. The number of thiophene rings is 1. The number of amides is 1. The van der Waals surface area contributed by atoms with Crippen LogP contribution in [-0.4, -0.2) is 22.7 Å². The summed E-state index contributed by atoms with van der Waals surface area (Å²) in [5.41, 5.74) is 1.19. The molecular formula is C9H12BrNOS. The van der Waals surface area contributed by atoms with Crippen molar-refractivity contribution in [2.45, 2.75) is 18.3 Å². The van der Waals surface area contributed by atoms with Crippen LogP contribution < -0.4 is 0 Å². The maximum atomic E-state index is 11.5. The molecule has 1 rings (SSSR count). The minimum absolute atomic E-state index is 0.101. The standard InChI is InChI=1S/C9H12BrNOS/c1-7(10)9(12)11(2)5-8-3-4-13-6-8/h3-4,6-7H,5H2,1-2H3. The van der Waals surface area contributed by atoms with Crippen molar-refractivity contribution in [3.8, 4) is 0 Å². The first-order valence-electron chi connectivity index (χ1n) is 4.01. The lowest BCUT2D eigenvalue weighted by Gasteiger charge is -2.17. The second kappa shape index (κ2) is 4.77. The van der Waals surface area contributed by atoms with E-state index in [9.17, 15) is 4.79 Å². The highest BCUT2D eigenvalue weighted by molar-refractivity contribution is 9.10. The van der Waals surface area contributed by atoms with Crippen LogP contribution in [0.4, 0.5) is 0 Å². The van der Waals surface area contributed by atoms with Gasteiger partial charge >= 0.3 is 0 Å². The molecule has 1 aromatic rings. The molecule has 0 bridgehead atoms. The van der Waals surface area contributed by atoms with E-state index in [4.69, 9.17) is 0 Å². The lowest BCUT2D eigenvalue weighted by Crippen LogP contribution is -2.31. The SMILES string of the molecule is CC(Br)C(=O)N(C)Cc1ccsc1. The van der Waals surface area contributed by atoms with Crippen molar-refractivity contribution in [3.05, 3.63) is 22.4 Å². The van der Waals surface area contributed by atoms with E-state index in [2.05, 4.69) is 21.3 Å². The molecular weight excluding hydrogens is 250 g/mol. The molecule has 2 nitrogen and oxygen atoms in total. The summed E-state index contributed by atoms with van der Waals surface area (Å²) < 4.78 is 0. The van der Waals surface area contributed by atoms with Crippen LogP contribution >= 0.6 is 27.3 Å². The summed E-state index contributed by atoms with van der Waals surface area (Å²) in [5, 5.41) is 4.08. The van der Waals surface area contributed by atoms with Gasteiger partial charge in [-0.2, -0.15) is 11.3 Å². The van der Waals surface area contributed by atoms with Gasteiger partial charge in [-0.15, -0.1) is 0 Å². The third kappa shape index (κ3) is 3.12. The smallest absolute Gasteiger partial charge is 0.236 e. The highest BCUT2D eigenvalue weighted by atomic mass is 79.9. The molecule has 0 radical (unpaired) electrons. The van der Waals surface area contributed by atoms with E-state index in [0.29, 0.717) is 6.54 Å². The maximum Gasteiger partial charge on any atom is 0.236 e. The van der Waals surface area contributed by atoms with Gasteiger partial charge in [-0.25, -0.2) is 0 Å². The number of carbonyl (C=O) groups excluding carboxylic acids is 1. The Morgan fingerprint density at radius 1 is 1.77 bits per heavy atom. The minimum atomic E-state index is -0.101. The average molecular weight is 262 g/mol. The molecule has 4 heteroatoms. The Morgan fingerprint density at radius 2 is 2.46 bits per heavy atom. The van der Waals surface area contributed by atoms with Gasteiger partial charge in [-0.3, -0.25) is 4.79 Å². The van der Waals surface area contributed by atoms with Crippen LogP contribution in [-0.2, 0) is 11.3 Å². The first kappa shape index (κ1) is 10.7. The van der Waals surface area contributed by atoms with Gasteiger partial charge in [0.05, 0.1) is 4.83 Å². The normalized spacial score (nSPS) is 12.5. The molecule has 0 aliphatic heterocycles. The molecule has 72 valence electrons. The van der Waals surface area contributed by atoms with Crippen LogP contribution in [0.15, 0.2) is 16.8 Å². The fourth-order valence-electron chi connectivity index (χ4n) is 1.04. The van der Waals surface area contributed by atoms with E-state index in [1.165, 1.54) is 5.56 Å². The van der Waals surface area contributed by atoms with Crippen LogP contribution in [0, 0.1) is 0 Å². The molecule has 0 aliphatic carbocycles. The fraction of sp³-hybridized carbons (Fsp3) is 0.444. The summed E-state index contributed by atoms with van der Waals surface area (Å²) in [5.74, 6) is 0.117. The third-order valence-electron chi connectivity index (χ3n) is 1.72. The molecule has 1 aromatic heterocycles. The first-order chi connectivity index (χ1) is 6.11. The molecule has 0 saturated heterocycles. The van der Waals surface area contributed by atoms with Gasteiger partial charge in [0.2, 0.25) is 5.91 Å². The summed E-state index contributed by atoms with van der Waals surface area (Å²) in [4.78, 5) is 13.1.